The maximum Gasteiger partial charge on any atom is 0.0363 e. The van der Waals surface area contributed by atoms with E-state index in [1.54, 1.807) is 5.56 Å². The van der Waals surface area contributed by atoms with E-state index in [9.17, 15) is 0 Å². The minimum Gasteiger partial charge on any atom is -0.313 e. The van der Waals surface area contributed by atoms with Gasteiger partial charge in [0.15, 0.2) is 0 Å². The van der Waals surface area contributed by atoms with E-state index in [2.05, 4.69) is 41.4 Å². The van der Waals surface area contributed by atoms with Crippen molar-refractivity contribution in [1.82, 2.24) is 10.2 Å². The highest BCUT2D eigenvalue weighted by molar-refractivity contribution is 5.31. The van der Waals surface area contributed by atoms with Gasteiger partial charge in [-0.15, -0.1) is 0 Å². The van der Waals surface area contributed by atoms with Crippen LogP contribution in [0.4, 0.5) is 0 Å². The molecule has 2 aliphatic heterocycles. The minimum atomic E-state index is 0.639. The third-order valence-electron chi connectivity index (χ3n) is 4.89. The van der Waals surface area contributed by atoms with Crippen LogP contribution in [0.2, 0.25) is 0 Å². The molecule has 1 N–H and O–H groups in total. The van der Waals surface area contributed by atoms with Crippen LogP contribution in [-0.2, 0) is 6.54 Å². The lowest BCUT2D eigenvalue weighted by atomic mass is 9.91. The molecule has 104 valence electrons. The van der Waals surface area contributed by atoms with Crippen molar-refractivity contribution >= 4 is 0 Å². The Morgan fingerprint density at radius 1 is 1.26 bits per heavy atom. The van der Waals surface area contributed by atoms with Crippen molar-refractivity contribution < 1.29 is 0 Å². The molecule has 3 rings (SSSR count). The summed E-state index contributed by atoms with van der Waals surface area (Å²) in [5.74, 6) is 0.914. The summed E-state index contributed by atoms with van der Waals surface area (Å²) in [4.78, 5) is 2.75. The second-order valence-electron chi connectivity index (χ2n) is 6.09. The predicted molar refractivity (Wildman–Crippen MR) is 80.1 cm³/mol. The highest BCUT2D eigenvalue weighted by Gasteiger charge is 2.28. The largest absolute Gasteiger partial charge is 0.313 e. The molecule has 1 aromatic carbocycles. The molecule has 2 atom stereocenters. The topological polar surface area (TPSA) is 15.3 Å². The molecule has 19 heavy (non-hydrogen) atoms. The standard InChI is InChI=1S/C17H26N2/c1-2-14-6-5-11-19(13-14)17-9-10-18-12-15-7-3-4-8-16(15)17/h3-4,7-8,14,17-18H,2,5-6,9-13H2,1H3. The first-order valence-electron chi connectivity index (χ1n) is 7.91. The van der Waals surface area contributed by atoms with Crippen LogP contribution in [0.5, 0.6) is 0 Å². The van der Waals surface area contributed by atoms with Gasteiger partial charge >= 0.3 is 0 Å². The Morgan fingerprint density at radius 3 is 3.05 bits per heavy atom. The van der Waals surface area contributed by atoms with Gasteiger partial charge in [-0.05, 0) is 49.4 Å². The fourth-order valence-corrected chi connectivity index (χ4v) is 3.73. The summed E-state index contributed by atoms with van der Waals surface area (Å²) in [6.45, 7) is 7.12. The van der Waals surface area contributed by atoms with E-state index in [-0.39, 0.29) is 0 Å². The zero-order valence-corrected chi connectivity index (χ0v) is 12.1. The fraction of sp³-hybridized carbons (Fsp3) is 0.647. The number of likely N-dealkylation sites (tertiary alicyclic amines) is 1. The van der Waals surface area contributed by atoms with Crippen molar-refractivity contribution in [1.29, 1.82) is 0 Å². The van der Waals surface area contributed by atoms with E-state index in [1.807, 2.05) is 0 Å². The zero-order valence-electron chi connectivity index (χ0n) is 12.1. The lowest BCUT2D eigenvalue weighted by Crippen LogP contribution is -2.38. The van der Waals surface area contributed by atoms with Crippen LogP contribution in [0.3, 0.4) is 0 Å². The van der Waals surface area contributed by atoms with Gasteiger partial charge in [-0.25, -0.2) is 0 Å². The van der Waals surface area contributed by atoms with Crippen LogP contribution >= 0.6 is 0 Å². The third-order valence-corrected chi connectivity index (χ3v) is 4.89. The monoisotopic (exact) mass is 258 g/mol. The zero-order chi connectivity index (χ0) is 13.1. The van der Waals surface area contributed by atoms with Crippen LogP contribution in [0.1, 0.15) is 49.8 Å². The molecule has 2 aliphatic rings. The van der Waals surface area contributed by atoms with Crippen LogP contribution in [0.15, 0.2) is 24.3 Å². The number of piperidine rings is 1. The predicted octanol–water partition coefficient (Wildman–Crippen LogP) is 3.34. The van der Waals surface area contributed by atoms with Crippen LogP contribution in [0.25, 0.3) is 0 Å². The SMILES string of the molecule is CCC1CCCN(C2CCNCc3ccccc32)C1. The summed E-state index contributed by atoms with van der Waals surface area (Å²) >= 11 is 0. The first-order chi connectivity index (χ1) is 9.38. The van der Waals surface area contributed by atoms with E-state index in [0.717, 1.165) is 19.0 Å². The summed E-state index contributed by atoms with van der Waals surface area (Å²) in [7, 11) is 0. The number of nitrogens with one attached hydrogen (secondary N) is 1. The highest BCUT2D eigenvalue weighted by Crippen LogP contribution is 2.33. The number of benzene rings is 1. The fourth-order valence-electron chi connectivity index (χ4n) is 3.73. The van der Waals surface area contributed by atoms with Crippen molar-refractivity contribution in [2.24, 2.45) is 5.92 Å². The summed E-state index contributed by atoms with van der Waals surface area (Å²) in [5.41, 5.74) is 3.08. The first-order valence-corrected chi connectivity index (χ1v) is 7.91. The van der Waals surface area contributed by atoms with Crippen LogP contribution in [0, 0.1) is 5.92 Å². The van der Waals surface area contributed by atoms with Crippen molar-refractivity contribution in [2.75, 3.05) is 19.6 Å². The molecular weight excluding hydrogens is 232 g/mol. The van der Waals surface area contributed by atoms with Gasteiger partial charge in [0.1, 0.15) is 0 Å². The molecule has 2 nitrogen and oxygen atoms in total. The Balaban J connectivity index is 1.83. The molecule has 1 saturated heterocycles. The lowest BCUT2D eigenvalue weighted by Gasteiger charge is -2.38. The molecule has 2 unspecified atom stereocenters. The second-order valence-corrected chi connectivity index (χ2v) is 6.09. The normalized spacial score (nSPS) is 28.7. The smallest absolute Gasteiger partial charge is 0.0363 e. The summed E-state index contributed by atoms with van der Waals surface area (Å²) in [5, 5.41) is 3.57. The van der Waals surface area contributed by atoms with E-state index in [1.165, 1.54) is 44.3 Å². The molecule has 2 heterocycles. The number of fused-ring (bicyclic) bond motifs is 1. The average molecular weight is 258 g/mol. The Bertz CT molecular complexity index is 415. The Morgan fingerprint density at radius 2 is 2.16 bits per heavy atom. The Hall–Kier alpha value is -0.860. The van der Waals surface area contributed by atoms with Crippen molar-refractivity contribution in [3.05, 3.63) is 35.4 Å². The van der Waals surface area contributed by atoms with Crippen LogP contribution in [-0.4, -0.2) is 24.5 Å². The van der Waals surface area contributed by atoms with Gasteiger partial charge in [-0.1, -0.05) is 37.6 Å². The molecule has 0 aromatic heterocycles. The first kappa shape index (κ1) is 13.1. The molecule has 0 aliphatic carbocycles. The van der Waals surface area contributed by atoms with Gasteiger partial charge < -0.3 is 5.32 Å². The summed E-state index contributed by atoms with van der Waals surface area (Å²) in [6.07, 6.45) is 5.40. The van der Waals surface area contributed by atoms with Gasteiger partial charge in [-0.2, -0.15) is 0 Å². The van der Waals surface area contributed by atoms with Crippen LogP contribution < -0.4 is 5.32 Å². The third kappa shape index (κ3) is 2.85. The molecular formula is C17H26N2. The highest BCUT2D eigenvalue weighted by atomic mass is 15.2. The number of hydrogen-bond donors (Lipinski definition) is 1. The molecule has 0 radical (unpaired) electrons. The summed E-state index contributed by atoms with van der Waals surface area (Å²) in [6, 6.07) is 9.66. The van der Waals surface area contributed by atoms with E-state index >= 15 is 0 Å². The number of hydrogen-bond acceptors (Lipinski definition) is 2. The number of nitrogens with zero attached hydrogens (tertiary/aromatic N) is 1. The van der Waals surface area contributed by atoms with Gasteiger partial charge in [-0.3, -0.25) is 4.90 Å². The molecule has 0 saturated carbocycles. The molecule has 0 spiro atoms. The number of rotatable bonds is 2. The molecule has 1 fully saturated rings. The van der Waals surface area contributed by atoms with Gasteiger partial charge in [0, 0.05) is 19.1 Å². The second kappa shape index (κ2) is 6.06. The van der Waals surface area contributed by atoms with Gasteiger partial charge in [0.05, 0.1) is 0 Å². The maximum atomic E-state index is 3.57. The maximum absolute atomic E-state index is 3.57. The lowest BCUT2D eigenvalue weighted by molar-refractivity contribution is 0.116. The average Bonchev–Trinajstić information content (AvgIpc) is 2.69. The van der Waals surface area contributed by atoms with E-state index in [0.29, 0.717) is 6.04 Å². The van der Waals surface area contributed by atoms with Crippen molar-refractivity contribution in [3.63, 3.8) is 0 Å². The quantitative estimate of drug-likeness (QED) is 0.875. The Labute approximate surface area is 117 Å². The van der Waals surface area contributed by atoms with Crippen molar-refractivity contribution in [3.8, 4) is 0 Å². The van der Waals surface area contributed by atoms with Gasteiger partial charge in [0.25, 0.3) is 0 Å². The van der Waals surface area contributed by atoms with E-state index < -0.39 is 0 Å². The minimum absolute atomic E-state index is 0.639. The Kier molecular flexibility index (Phi) is 4.19. The molecule has 2 heteroatoms. The molecule has 0 bridgehead atoms. The van der Waals surface area contributed by atoms with E-state index in [4.69, 9.17) is 0 Å². The van der Waals surface area contributed by atoms with Gasteiger partial charge in [0.2, 0.25) is 0 Å². The molecule has 0 amide bonds. The molecule has 1 aromatic rings. The van der Waals surface area contributed by atoms with Crippen molar-refractivity contribution in [2.45, 2.75) is 45.2 Å². The summed E-state index contributed by atoms with van der Waals surface area (Å²) < 4.78 is 0.